The molecule has 0 aliphatic rings. The molecular weight excluding hydrogens is 264 g/mol. The summed E-state index contributed by atoms with van der Waals surface area (Å²) in [6, 6.07) is 4.48. The topological polar surface area (TPSA) is 94.9 Å². The van der Waals surface area contributed by atoms with Crippen molar-refractivity contribution in [3.63, 3.8) is 0 Å². The number of nitro benzene ring substituents is 1. The molecule has 6 nitrogen and oxygen atoms in total. The summed E-state index contributed by atoms with van der Waals surface area (Å²) in [5.41, 5.74) is 5.62. The summed E-state index contributed by atoms with van der Waals surface area (Å²) in [7, 11) is 0. The van der Waals surface area contributed by atoms with Gasteiger partial charge in [-0.05, 0) is 6.07 Å². The van der Waals surface area contributed by atoms with E-state index < -0.39 is 4.92 Å². The van der Waals surface area contributed by atoms with Gasteiger partial charge in [0.05, 0.1) is 9.95 Å². The van der Waals surface area contributed by atoms with Crippen molar-refractivity contribution in [2.24, 2.45) is 5.73 Å². The second-order valence-corrected chi connectivity index (χ2v) is 4.57. The molecule has 1 heterocycles. The van der Waals surface area contributed by atoms with Gasteiger partial charge in [-0.25, -0.2) is 0 Å². The Morgan fingerprint density at radius 2 is 2.24 bits per heavy atom. The van der Waals surface area contributed by atoms with Gasteiger partial charge in [0, 0.05) is 12.6 Å². The molecule has 0 spiro atoms. The Morgan fingerprint density at radius 1 is 1.47 bits per heavy atom. The van der Waals surface area contributed by atoms with Crippen LogP contribution in [0.4, 0.5) is 5.69 Å². The van der Waals surface area contributed by atoms with Crippen molar-refractivity contribution in [3.8, 4) is 10.6 Å². The maximum absolute atomic E-state index is 10.9. The van der Waals surface area contributed by atoms with Gasteiger partial charge in [0.2, 0.25) is 0 Å². The molecule has 17 heavy (non-hydrogen) atoms. The monoisotopic (exact) mass is 270 g/mol. The molecule has 2 N–H and O–H groups in total. The number of hydrogen-bond donors (Lipinski definition) is 1. The lowest BCUT2D eigenvalue weighted by atomic mass is 10.2. The highest BCUT2D eigenvalue weighted by molar-refractivity contribution is 7.14. The minimum absolute atomic E-state index is 0.0859. The zero-order valence-corrected chi connectivity index (χ0v) is 10.0. The quantitative estimate of drug-likeness (QED) is 0.681. The Kier molecular flexibility index (Phi) is 3.32. The van der Waals surface area contributed by atoms with Crippen LogP contribution in [0.5, 0.6) is 0 Å². The molecule has 2 aromatic rings. The summed E-state index contributed by atoms with van der Waals surface area (Å²) in [4.78, 5) is 10.4. The highest BCUT2D eigenvalue weighted by Gasteiger charge is 2.21. The highest BCUT2D eigenvalue weighted by atomic mass is 35.5. The van der Waals surface area contributed by atoms with E-state index in [1.54, 1.807) is 6.07 Å². The first-order chi connectivity index (χ1) is 8.13. The van der Waals surface area contributed by atoms with Crippen molar-refractivity contribution in [2.45, 2.75) is 6.54 Å². The molecule has 0 aliphatic heterocycles. The van der Waals surface area contributed by atoms with Gasteiger partial charge in [-0.1, -0.05) is 29.0 Å². The smallest absolute Gasteiger partial charge is 0.281 e. The molecule has 1 aromatic heterocycles. The third-order valence-electron chi connectivity index (χ3n) is 2.04. The third-order valence-corrected chi connectivity index (χ3v) is 3.32. The summed E-state index contributed by atoms with van der Waals surface area (Å²) < 4.78 is 0. The van der Waals surface area contributed by atoms with E-state index in [1.807, 2.05) is 0 Å². The van der Waals surface area contributed by atoms with Gasteiger partial charge >= 0.3 is 0 Å². The SMILES string of the molecule is NCc1nnc(-c2c(Cl)cccc2[N+](=O)[O-])s1. The fourth-order valence-corrected chi connectivity index (χ4v) is 2.42. The summed E-state index contributed by atoms with van der Waals surface area (Å²) in [6.45, 7) is 0.246. The predicted octanol–water partition coefficient (Wildman–Crippen LogP) is 2.23. The van der Waals surface area contributed by atoms with Crippen LogP contribution in [-0.4, -0.2) is 15.1 Å². The maximum Gasteiger partial charge on any atom is 0.281 e. The van der Waals surface area contributed by atoms with Crippen molar-refractivity contribution in [3.05, 3.63) is 38.3 Å². The number of hydrogen-bond acceptors (Lipinski definition) is 6. The van der Waals surface area contributed by atoms with Crippen molar-refractivity contribution < 1.29 is 4.92 Å². The number of nitrogens with zero attached hydrogens (tertiary/aromatic N) is 3. The van der Waals surface area contributed by atoms with E-state index >= 15 is 0 Å². The highest BCUT2D eigenvalue weighted by Crippen LogP contribution is 2.37. The molecule has 8 heteroatoms. The average Bonchev–Trinajstić information content (AvgIpc) is 2.76. The molecule has 0 bridgehead atoms. The zero-order chi connectivity index (χ0) is 12.4. The number of nitro groups is 1. The molecule has 0 aliphatic carbocycles. The lowest BCUT2D eigenvalue weighted by molar-refractivity contribution is -0.384. The van der Waals surface area contributed by atoms with Gasteiger partial charge in [0.25, 0.3) is 5.69 Å². The van der Waals surface area contributed by atoms with E-state index in [0.29, 0.717) is 10.0 Å². The van der Waals surface area contributed by atoms with Crippen LogP contribution in [0.3, 0.4) is 0 Å². The minimum atomic E-state index is -0.495. The molecule has 2 rings (SSSR count). The lowest BCUT2D eigenvalue weighted by Crippen LogP contribution is -1.94. The normalized spacial score (nSPS) is 10.5. The van der Waals surface area contributed by atoms with Crippen LogP contribution >= 0.6 is 22.9 Å². The Labute approximate surface area is 105 Å². The number of aromatic nitrogens is 2. The summed E-state index contributed by atoms with van der Waals surface area (Å²) in [5, 5.41) is 19.9. The van der Waals surface area contributed by atoms with E-state index in [1.165, 1.54) is 23.5 Å². The number of nitrogens with two attached hydrogens (primary N) is 1. The molecule has 0 unspecified atom stereocenters. The van der Waals surface area contributed by atoms with Crippen LogP contribution in [0.15, 0.2) is 18.2 Å². The Morgan fingerprint density at radius 3 is 2.82 bits per heavy atom. The van der Waals surface area contributed by atoms with Crippen LogP contribution < -0.4 is 5.73 Å². The summed E-state index contributed by atoms with van der Waals surface area (Å²) >= 11 is 7.16. The molecule has 0 fully saturated rings. The molecule has 88 valence electrons. The fraction of sp³-hybridized carbons (Fsp3) is 0.111. The van der Waals surface area contributed by atoms with Crippen LogP contribution in [0, 0.1) is 10.1 Å². The van der Waals surface area contributed by atoms with Gasteiger partial charge in [-0.15, -0.1) is 10.2 Å². The Hall–Kier alpha value is -1.57. The molecule has 1 aromatic carbocycles. The summed E-state index contributed by atoms with van der Waals surface area (Å²) in [6.07, 6.45) is 0. The van der Waals surface area contributed by atoms with Crippen molar-refractivity contribution >= 4 is 28.6 Å². The maximum atomic E-state index is 10.9. The largest absolute Gasteiger partial charge is 0.324 e. The Bertz CT molecular complexity index is 572. The van der Waals surface area contributed by atoms with Crippen LogP contribution in [0.1, 0.15) is 5.01 Å². The number of halogens is 1. The fourth-order valence-electron chi connectivity index (χ4n) is 1.31. The molecule has 0 saturated heterocycles. The van der Waals surface area contributed by atoms with E-state index in [0.717, 1.165) is 0 Å². The first-order valence-electron chi connectivity index (χ1n) is 4.59. The summed E-state index contributed by atoms with van der Waals surface area (Å²) in [5.74, 6) is 0. The van der Waals surface area contributed by atoms with Crippen LogP contribution in [0.2, 0.25) is 5.02 Å². The number of rotatable bonds is 3. The standard InChI is InChI=1S/C9H7ClN4O2S/c10-5-2-1-3-6(14(15)16)8(5)9-13-12-7(4-11)17-9/h1-3H,4,11H2. The Balaban J connectivity index is 2.61. The van der Waals surface area contributed by atoms with E-state index in [-0.39, 0.29) is 22.8 Å². The third kappa shape index (κ3) is 2.26. The van der Waals surface area contributed by atoms with Gasteiger partial charge in [0.1, 0.15) is 10.6 Å². The van der Waals surface area contributed by atoms with E-state index in [2.05, 4.69) is 10.2 Å². The molecular formula is C9H7ClN4O2S. The zero-order valence-electron chi connectivity index (χ0n) is 8.46. The van der Waals surface area contributed by atoms with Gasteiger partial charge < -0.3 is 5.73 Å². The molecule has 0 radical (unpaired) electrons. The average molecular weight is 271 g/mol. The van der Waals surface area contributed by atoms with Crippen molar-refractivity contribution in [1.82, 2.24) is 10.2 Å². The first kappa shape index (κ1) is 11.9. The molecule has 0 saturated carbocycles. The van der Waals surface area contributed by atoms with Gasteiger partial charge in [0.15, 0.2) is 5.01 Å². The van der Waals surface area contributed by atoms with E-state index in [4.69, 9.17) is 17.3 Å². The van der Waals surface area contributed by atoms with Crippen molar-refractivity contribution in [2.75, 3.05) is 0 Å². The molecule has 0 atom stereocenters. The molecule has 0 amide bonds. The van der Waals surface area contributed by atoms with E-state index in [9.17, 15) is 10.1 Å². The second kappa shape index (κ2) is 4.74. The van der Waals surface area contributed by atoms with Crippen molar-refractivity contribution in [1.29, 1.82) is 0 Å². The van der Waals surface area contributed by atoms with Crippen LogP contribution in [0.25, 0.3) is 10.6 Å². The van der Waals surface area contributed by atoms with Gasteiger partial charge in [-0.2, -0.15) is 0 Å². The second-order valence-electron chi connectivity index (χ2n) is 3.10. The predicted molar refractivity (Wildman–Crippen MR) is 64.9 cm³/mol. The first-order valence-corrected chi connectivity index (χ1v) is 5.78. The lowest BCUT2D eigenvalue weighted by Gasteiger charge is -2.00. The van der Waals surface area contributed by atoms with Crippen LogP contribution in [-0.2, 0) is 6.54 Å². The van der Waals surface area contributed by atoms with Gasteiger partial charge in [-0.3, -0.25) is 10.1 Å². The minimum Gasteiger partial charge on any atom is -0.324 e. The number of benzene rings is 1.